The zero-order valence-corrected chi connectivity index (χ0v) is 9.63. The largest absolute Gasteiger partial charge is 0.366 e. The molecule has 6 heteroatoms. The second kappa shape index (κ2) is 4.16. The lowest BCUT2D eigenvalue weighted by Gasteiger charge is -2.02. The van der Waals surface area contributed by atoms with Crippen LogP contribution < -0.4 is 5.73 Å². The minimum absolute atomic E-state index is 0.0949. The van der Waals surface area contributed by atoms with Crippen LogP contribution in [-0.4, -0.2) is 16.2 Å². The average molecular weight is 257 g/mol. The Morgan fingerprint density at radius 3 is 2.53 bits per heavy atom. The minimum Gasteiger partial charge on any atom is -0.366 e. The normalized spacial score (nSPS) is 10.8. The van der Waals surface area contributed by atoms with Crippen molar-refractivity contribution < 1.29 is 13.8 Å². The molecule has 0 unspecified atom stereocenters. The Balaban J connectivity index is 2.10. The van der Waals surface area contributed by atoms with E-state index in [0.29, 0.717) is 16.6 Å². The lowest BCUT2D eigenvalue weighted by Crippen LogP contribution is -2.10. The third-order valence-electron chi connectivity index (χ3n) is 2.82. The van der Waals surface area contributed by atoms with Crippen molar-refractivity contribution in [2.24, 2.45) is 5.73 Å². The average Bonchev–Trinajstić information content (AvgIpc) is 2.87. The van der Waals surface area contributed by atoms with Gasteiger partial charge in [-0.25, -0.2) is 9.02 Å². The van der Waals surface area contributed by atoms with Gasteiger partial charge in [-0.05, 0) is 45.7 Å². The molecule has 1 aromatic heterocycles. The second-order valence-electron chi connectivity index (χ2n) is 4.03. The number of nitrogens with two attached hydrogens (primary N) is 1. The summed E-state index contributed by atoms with van der Waals surface area (Å²) in [6.07, 6.45) is 0. The molecular weight excluding hydrogens is 249 g/mol. The van der Waals surface area contributed by atoms with Crippen LogP contribution in [0.1, 0.15) is 10.4 Å². The van der Waals surface area contributed by atoms with Gasteiger partial charge in [0.2, 0.25) is 5.91 Å². The quantitative estimate of drug-likeness (QED) is 0.762. The van der Waals surface area contributed by atoms with Crippen LogP contribution in [0.3, 0.4) is 0 Å². The molecule has 2 aromatic carbocycles. The second-order valence-corrected chi connectivity index (χ2v) is 4.03. The maximum absolute atomic E-state index is 13.7. The maximum atomic E-state index is 13.7. The van der Waals surface area contributed by atoms with E-state index < -0.39 is 11.7 Å². The maximum Gasteiger partial charge on any atom is 0.248 e. The Bertz CT molecular complexity index is 765. The van der Waals surface area contributed by atoms with Gasteiger partial charge in [0.15, 0.2) is 11.3 Å². The van der Waals surface area contributed by atoms with Crippen LogP contribution in [-0.2, 0) is 0 Å². The van der Waals surface area contributed by atoms with E-state index in [0.717, 1.165) is 5.56 Å². The number of carbonyl (C=O) groups is 1. The molecule has 0 spiro atoms. The van der Waals surface area contributed by atoms with E-state index in [1.807, 2.05) is 0 Å². The molecular formula is C13H8FN3O2. The molecule has 3 rings (SSSR count). The number of aromatic nitrogens is 2. The van der Waals surface area contributed by atoms with Gasteiger partial charge in [-0.2, -0.15) is 0 Å². The van der Waals surface area contributed by atoms with Crippen molar-refractivity contribution >= 4 is 16.9 Å². The molecule has 0 radical (unpaired) electrons. The van der Waals surface area contributed by atoms with E-state index in [1.165, 1.54) is 6.07 Å². The summed E-state index contributed by atoms with van der Waals surface area (Å²) in [5.41, 5.74) is 7.36. The van der Waals surface area contributed by atoms with Gasteiger partial charge in [-0.1, -0.05) is 12.1 Å². The van der Waals surface area contributed by atoms with Crippen LogP contribution in [0.25, 0.3) is 22.2 Å². The topological polar surface area (TPSA) is 82.0 Å². The van der Waals surface area contributed by atoms with Gasteiger partial charge in [0.1, 0.15) is 5.52 Å². The summed E-state index contributed by atoms with van der Waals surface area (Å²) in [6, 6.07) is 9.55. The fourth-order valence-corrected chi connectivity index (χ4v) is 1.84. The third-order valence-corrected chi connectivity index (χ3v) is 2.82. The molecule has 3 aromatic rings. The number of amides is 1. The Hall–Kier alpha value is -2.76. The number of benzene rings is 2. The highest BCUT2D eigenvalue weighted by atomic mass is 19.1. The summed E-state index contributed by atoms with van der Waals surface area (Å²) in [4.78, 5) is 11.0. The lowest BCUT2D eigenvalue weighted by molar-refractivity contribution is 0.100. The first-order valence-corrected chi connectivity index (χ1v) is 5.47. The van der Waals surface area contributed by atoms with Crippen LogP contribution in [0.15, 0.2) is 41.0 Å². The highest BCUT2D eigenvalue weighted by Crippen LogP contribution is 2.25. The number of fused-ring (bicyclic) bond motifs is 1. The van der Waals surface area contributed by atoms with E-state index in [2.05, 4.69) is 14.9 Å². The summed E-state index contributed by atoms with van der Waals surface area (Å²) in [7, 11) is 0. The van der Waals surface area contributed by atoms with Crippen molar-refractivity contribution in [1.29, 1.82) is 0 Å². The lowest BCUT2D eigenvalue weighted by atomic mass is 10.0. The van der Waals surface area contributed by atoms with Crippen LogP contribution >= 0.6 is 0 Å². The van der Waals surface area contributed by atoms with Crippen molar-refractivity contribution in [1.82, 2.24) is 10.3 Å². The highest BCUT2D eigenvalue weighted by Gasteiger charge is 2.10. The number of carbonyl (C=O) groups excluding carboxylic acids is 1. The molecule has 0 saturated carbocycles. The van der Waals surface area contributed by atoms with Crippen molar-refractivity contribution in [3.05, 3.63) is 47.8 Å². The van der Waals surface area contributed by atoms with Gasteiger partial charge in [-0.3, -0.25) is 4.79 Å². The van der Waals surface area contributed by atoms with Crippen molar-refractivity contribution in [2.75, 3.05) is 0 Å². The first kappa shape index (κ1) is 11.3. The molecule has 1 heterocycles. The van der Waals surface area contributed by atoms with E-state index in [-0.39, 0.29) is 5.52 Å². The molecule has 94 valence electrons. The molecule has 0 aliphatic carbocycles. The summed E-state index contributed by atoms with van der Waals surface area (Å²) >= 11 is 0. The molecule has 0 aliphatic heterocycles. The Labute approximate surface area is 106 Å². The van der Waals surface area contributed by atoms with E-state index in [4.69, 9.17) is 5.73 Å². The van der Waals surface area contributed by atoms with Gasteiger partial charge in [0.05, 0.1) is 0 Å². The van der Waals surface area contributed by atoms with Gasteiger partial charge >= 0.3 is 0 Å². The smallest absolute Gasteiger partial charge is 0.248 e. The van der Waals surface area contributed by atoms with E-state index in [9.17, 15) is 9.18 Å². The highest BCUT2D eigenvalue weighted by molar-refractivity contribution is 5.93. The molecule has 5 nitrogen and oxygen atoms in total. The zero-order valence-electron chi connectivity index (χ0n) is 9.63. The molecule has 2 N–H and O–H groups in total. The molecule has 1 amide bonds. The number of hydrogen-bond donors (Lipinski definition) is 1. The Kier molecular flexibility index (Phi) is 2.49. The van der Waals surface area contributed by atoms with Crippen molar-refractivity contribution in [3.8, 4) is 11.1 Å². The van der Waals surface area contributed by atoms with Crippen molar-refractivity contribution in [2.45, 2.75) is 0 Å². The summed E-state index contributed by atoms with van der Waals surface area (Å²) in [6.45, 7) is 0. The molecule has 0 atom stereocenters. The molecule has 0 saturated heterocycles. The van der Waals surface area contributed by atoms with Gasteiger partial charge in [0.25, 0.3) is 0 Å². The predicted octanol–water partition coefficient (Wildman–Crippen LogP) is 2.13. The molecule has 0 fully saturated rings. The van der Waals surface area contributed by atoms with Crippen LogP contribution in [0.2, 0.25) is 0 Å². The van der Waals surface area contributed by atoms with Crippen LogP contribution in [0.4, 0.5) is 4.39 Å². The number of rotatable bonds is 2. The zero-order chi connectivity index (χ0) is 13.4. The van der Waals surface area contributed by atoms with Crippen LogP contribution in [0.5, 0.6) is 0 Å². The predicted molar refractivity (Wildman–Crippen MR) is 65.7 cm³/mol. The third kappa shape index (κ3) is 1.93. The fraction of sp³-hybridized carbons (Fsp3) is 0. The van der Waals surface area contributed by atoms with Gasteiger partial charge in [0, 0.05) is 5.56 Å². The number of halogens is 1. The van der Waals surface area contributed by atoms with Crippen molar-refractivity contribution in [3.63, 3.8) is 0 Å². The Morgan fingerprint density at radius 2 is 1.84 bits per heavy atom. The van der Waals surface area contributed by atoms with Crippen LogP contribution in [0, 0.1) is 5.82 Å². The molecule has 19 heavy (non-hydrogen) atoms. The first-order valence-electron chi connectivity index (χ1n) is 5.47. The fourth-order valence-electron chi connectivity index (χ4n) is 1.84. The number of primary amides is 1. The Morgan fingerprint density at radius 1 is 1.11 bits per heavy atom. The first-order chi connectivity index (χ1) is 9.15. The van der Waals surface area contributed by atoms with Gasteiger partial charge < -0.3 is 5.73 Å². The molecule has 0 aliphatic rings. The summed E-state index contributed by atoms with van der Waals surface area (Å²) < 4.78 is 18.2. The van der Waals surface area contributed by atoms with E-state index >= 15 is 0 Å². The van der Waals surface area contributed by atoms with E-state index in [1.54, 1.807) is 30.3 Å². The summed E-state index contributed by atoms with van der Waals surface area (Å²) in [5, 5.41) is 7.08. The summed E-state index contributed by atoms with van der Waals surface area (Å²) in [5.74, 6) is -1.01. The van der Waals surface area contributed by atoms with Gasteiger partial charge in [-0.15, -0.1) is 0 Å². The number of hydrogen-bond acceptors (Lipinski definition) is 4. The molecule has 0 bridgehead atoms. The number of nitrogens with zero attached hydrogens (tertiary/aromatic N) is 2. The monoisotopic (exact) mass is 257 g/mol. The SMILES string of the molecule is NC(=O)c1ccc(-c2cc(F)c3nonc3c2)cc1. The standard InChI is InChI=1S/C13H8FN3O2/c14-10-5-9(6-11-12(10)17-19-16-11)7-1-3-8(4-2-7)13(15)18/h1-6H,(H2,15,18). The minimum atomic E-state index is -0.507.